The molecule has 3 rings (SSSR count). The number of benzene rings is 1. The zero-order valence-corrected chi connectivity index (χ0v) is 15.1. The molecule has 1 atom stereocenters. The maximum atomic E-state index is 13.1. The van der Waals surface area contributed by atoms with Gasteiger partial charge in [-0.1, -0.05) is 42.5 Å². The van der Waals surface area contributed by atoms with Crippen molar-refractivity contribution in [3.8, 4) is 5.88 Å². The minimum atomic E-state index is -2.30. The van der Waals surface area contributed by atoms with E-state index < -0.39 is 17.2 Å². The summed E-state index contributed by atoms with van der Waals surface area (Å²) in [6.07, 6.45) is 5.22. The Morgan fingerprint density at radius 3 is 2.67 bits per heavy atom. The molecule has 1 aromatic heterocycles. The van der Waals surface area contributed by atoms with Crippen molar-refractivity contribution < 1.29 is 24.0 Å². The number of carbonyl (C=O) groups excluding carboxylic acids is 2. The fourth-order valence-electron chi connectivity index (χ4n) is 2.68. The molecular weight excluding hydrogens is 348 g/mol. The lowest BCUT2D eigenvalue weighted by Crippen LogP contribution is -2.45. The summed E-state index contributed by atoms with van der Waals surface area (Å²) in [5, 5.41) is 14.5. The Bertz CT molecular complexity index is 898. The average Bonchev–Trinajstić information content (AvgIpc) is 3.04. The molecular formula is C20H20N2O5. The van der Waals surface area contributed by atoms with Gasteiger partial charge in [0, 0.05) is 0 Å². The first-order valence-electron chi connectivity index (χ1n) is 8.39. The van der Waals surface area contributed by atoms with Crippen LogP contribution in [0.1, 0.15) is 21.7 Å². The second-order valence-corrected chi connectivity index (χ2v) is 6.48. The number of Topliss-reactive ketones (excluding diaryl/α,β-unsaturated/α-hetero) is 1. The van der Waals surface area contributed by atoms with Crippen LogP contribution in [0.2, 0.25) is 0 Å². The van der Waals surface area contributed by atoms with E-state index in [0.717, 1.165) is 17.7 Å². The van der Waals surface area contributed by atoms with Crippen molar-refractivity contribution in [1.82, 2.24) is 10.1 Å². The quantitative estimate of drug-likeness (QED) is 0.589. The Balaban J connectivity index is 1.94. The molecule has 27 heavy (non-hydrogen) atoms. The molecule has 0 spiro atoms. The van der Waals surface area contributed by atoms with Crippen LogP contribution in [-0.2, 0) is 17.9 Å². The third-order valence-corrected chi connectivity index (χ3v) is 4.05. The summed E-state index contributed by atoms with van der Waals surface area (Å²) in [6.45, 7) is 0.420. The lowest BCUT2D eigenvalue weighted by atomic mass is 9.86. The van der Waals surface area contributed by atoms with Gasteiger partial charge in [0.1, 0.15) is 12.2 Å². The van der Waals surface area contributed by atoms with Crippen LogP contribution < -0.4 is 4.74 Å². The molecule has 140 valence electrons. The number of ketones is 2. The monoisotopic (exact) mass is 368 g/mol. The third-order valence-electron chi connectivity index (χ3n) is 4.05. The zero-order valence-electron chi connectivity index (χ0n) is 15.1. The molecule has 1 N–H and O–H groups in total. The number of aromatic nitrogens is 1. The van der Waals surface area contributed by atoms with E-state index in [0.29, 0.717) is 0 Å². The summed E-state index contributed by atoms with van der Waals surface area (Å²) in [5.74, 6) is -1.38. The summed E-state index contributed by atoms with van der Waals surface area (Å²) in [6, 6.07) is 9.35. The van der Waals surface area contributed by atoms with Crippen molar-refractivity contribution in [3.05, 3.63) is 71.5 Å². The molecule has 7 nitrogen and oxygen atoms in total. The van der Waals surface area contributed by atoms with Crippen LogP contribution in [0.25, 0.3) is 0 Å². The molecule has 1 aromatic carbocycles. The number of allylic oxidation sites excluding steroid dienone is 2. The van der Waals surface area contributed by atoms with Gasteiger partial charge in [-0.3, -0.25) is 9.59 Å². The second kappa shape index (κ2) is 7.69. The highest BCUT2D eigenvalue weighted by atomic mass is 16.5. The first-order chi connectivity index (χ1) is 12.9. The zero-order chi connectivity index (χ0) is 19.4. The number of ether oxygens (including phenoxy) is 1. The van der Waals surface area contributed by atoms with Gasteiger partial charge in [0.15, 0.2) is 11.5 Å². The summed E-state index contributed by atoms with van der Waals surface area (Å²) in [7, 11) is 3.59. The highest BCUT2D eigenvalue weighted by Crippen LogP contribution is 2.30. The van der Waals surface area contributed by atoms with Crippen LogP contribution in [0, 0.1) is 0 Å². The second-order valence-electron chi connectivity index (χ2n) is 6.48. The molecule has 1 heterocycles. The first-order valence-corrected chi connectivity index (χ1v) is 8.39. The van der Waals surface area contributed by atoms with E-state index >= 15 is 0 Å². The molecule has 0 saturated carbocycles. The Labute approximate surface area is 156 Å². The maximum absolute atomic E-state index is 13.1. The summed E-state index contributed by atoms with van der Waals surface area (Å²) in [5.41, 5.74) is -1.45. The van der Waals surface area contributed by atoms with E-state index in [1.807, 2.05) is 30.3 Å². The van der Waals surface area contributed by atoms with Crippen LogP contribution in [0.3, 0.4) is 0 Å². The van der Waals surface area contributed by atoms with Crippen LogP contribution in [-0.4, -0.2) is 46.4 Å². The number of rotatable bonds is 7. The molecule has 0 fully saturated rings. The SMILES string of the molecule is CN(C)Cc1onc(OCc2ccccc2)c1C(=O)[C@]1(O)C=CC=CC1=O. The van der Waals surface area contributed by atoms with Crippen LogP contribution >= 0.6 is 0 Å². The number of nitrogens with zero attached hydrogens (tertiary/aromatic N) is 2. The van der Waals surface area contributed by atoms with Gasteiger partial charge in [-0.05, 0) is 37.0 Å². The van der Waals surface area contributed by atoms with Gasteiger partial charge in [0.05, 0.1) is 6.54 Å². The topological polar surface area (TPSA) is 92.9 Å². The maximum Gasteiger partial charge on any atom is 0.265 e. The van der Waals surface area contributed by atoms with Gasteiger partial charge in [0.25, 0.3) is 5.88 Å². The Morgan fingerprint density at radius 1 is 1.26 bits per heavy atom. The molecule has 0 aliphatic heterocycles. The first kappa shape index (κ1) is 18.8. The molecule has 0 radical (unpaired) electrons. The summed E-state index contributed by atoms with van der Waals surface area (Å²) in [4.78, 5) is 27.0. The molecule has 1 aliphatic rings. The summed E-state index contributed by atoms with van der Waals surface area (Å²) < 4.78 is 11.0. The third kappa shape index (κ3) is 3.89. The average molecular weight is 368 g/mol. The number of aliphatic hydroxyl groups is 1. The van der Waals surface area contributed by atoms with E-state index in [1.165, 1.54) is 12.2 Å². The largest absolute Gasteiger partial charge is 0.470 e. The van der Waals surface area contributed by atoms with E-state index in [-0.39, 0.29) is 30.4 Å². The molecule has 0 bridgehead atoms. The van der Waals surface area contributed by atoms with Gasteiger partial charge in [-0.2, -0.15) is 0 Å². The highest BCUT2D eigenvalue weighted by Gasteiger charge is 2.45. The minimum Gasteiger partial charge on any atom is -0.470 e. The van der Waals surface area contributed by atoms with Gasteiger partial charge >= 0.3 is 0 Å². The van der Waals surface area contributed by atoms with Crippen molar-refractivity contribution in [1.29, 1.82) is 0 Å². The Kier molecular flexibility index (Phi) is 5.34. The van der Waals surface area contributed by atoms with Crippen molar-refractivity contribution in [2.24, 2.45) is 0 Å². The minimum absolute atomic E-state index is 0.0320. The van der Waals surface area contributed by atoms with Crippen LogP contribution in [0.4, 0.5) is 0 Å². The normalized spacial score (nSPS) is 18.9. The highest BCUT2D eigenvalue weighted by molar-refractivity contribution is 6.23. The predicted octanol–water partition coefficient (Wildman–Crippen LogP) is 1.92. The molecule has 2 aromatic rings. The van der Waals surface area contributed by atoms with E-state index in [4.69, 9.17) is 9.26 Å². The van der Waals surface area contributed by atoms with E-state index in [9.17, 15) is 14.7 Å². The van der Waals surface area contributed by atoms with E-state index in [2.05, 4.69) is 5.16 Å². The fourth-order valence-corrected chi connectivity index (χ4v) is 2.68. The summed E-state index contributed by atoms with van der Waals surface area (Å²) >= 11 is 0. The molecule has 0 amide bonds. The standard InChI is InChI=1S/C20H20N2O5/c1-22(2)12-15-17(18(24)20(25)11-7-6-10-16(20)23)19(21-27-15)26-13-14-8-4-3-5-9-14/h3-11,25H,12-13H2,1-2H3/t20-/m0/s1. The van der Waals surface area contributed by atoms with Crippen molar-refractivity contribution in [2.45, 2.75) is 18.8 Å². The van der Waals surface area contributed by atoms with Gasteiger partial charge in [0.2, 0.25) is 11.4 Å². The van der Waals surface area contributed by atoms with Gasteiger partial charge in [-0.15, -0.1) is 0 Å². The molecule has 0 saturated heterocycles. The van der Waals surface area contributed by atoms with Gasteiger partial charge < -0.3 is 19.3 Å². The Hall–Kier alpha value is -3.03. The van der Waals surface area contributed by atoms with Crippen molar-refractivity contribution >= 4 is 11.6 Å². The molecule has 0 unspecified atom stereocenters. The molecule has 7 heteroatoms. The number of carbonyl (C=O) groups is 2. The fraction of sp³-hybridized carbons (Fsp3) is 0.250. The molecule has 1 aliphatic carbocycles. The Morgan fingerprint density at radius 2 is 2.00 bits per heavy atom. The lowest BCUT2D eigenvalue weighted by molar-refractivity contribution is -0.124. The smallest absolute Gasteiger partial charge is 0.265 e. The van der Waals surface area contributed by atoms with Gasteiger partial charge in [-0.25, -0.2) is 0 Å². The van der Waals surface area contributed by atoms with Crippen molar-refractivity contribution in [2.75, 3.05) is 14.1 Å². The van der Waals surface area contributed by atoms with Crippen LogP contribution in [0.15, 0.2) is 59.2 Å². The number of hydrogen-bond donors (Lipinski definition) is 1. The van der Waals surface area contributed by atoms with E-state index in [1.54, 1.807) is 19.0 Å². The lowest BCUT2D eigenvalue weighted by Gasteiger charge is -2.22. The number of hydrogen-bond acceptors (Lipinski definition) is 7. The van der Waals surface area contributed by atoms with Crippen LogP contribution in [0.5, 0.6) is 5.88 Å². The predicted molar refractivity (Wildman–Crippen MR) is 97.2 cm³/mol. The van der Waals surface area contributed by atoms with Crippen molar-refractivity contribution in [3.63, 3.8) is 0 Å².